The molecule has 1 N–H and O–H groups in total. The Balaban J connectivity index is 2.31. The molecule has 1 aromatic heterocycles. The number of aryl methyl sites for hydroxylation is 2. The Hall–Kier alpha value is -1.50. The summed E-state index contributed by atoms with van der Waals surface area (Å²) in [7, 11) is 1.87. The number of nitrogens with one attached hydrogen (secondary N) is 1. The molecule has 0 bridgehead atoms. The minimum Gasteiger partial charge on any atom is -0.364 e. The second-order valence-corrected chi connectivity index (χ2v) is 4.58. The van der Waals surface area contributed by atoms with Crippen molar-refractivity contribution in [3.8, 4) is 6.07 Å². The molecule has 0 unspecified atom stereocenters. The van der Waals surface area contributed by atoms with Gasteiger partial charge in [0.15, 0.2) is 0 Å². The van der Waals surface area contributed by atoms with Crippen LogP contribution in [0.4, 0.5) is 5.82 Å². The lowest BCUT2D eigenvalue weighted by Crippen LogP contribution is -2.42. The minimum atomic E-state index is 0.159. The van der Waals surface area contributed by atoms with Crippen LogP contribution in [0.3, 0.4) is 0 Å². The van der Waals surface area contributed by atoms with Crippen molar-refractivity contribution < 1.29 is 0 Å². The van der Waals surface area contributed by atoms with Gasteiger partial charge in [0.25, 0.3) is 0 Å². The van der Waals surface area contributed by atoms with E-state index in [1.54, 1.807) is 4.68 Å². The molecule has 1 aliphatic rings. The van der Waals surface area contributed by atoms with Gasteiger partial charge in [-0.1, -0.05) is 0 Å². The number of nitriles is 1. The number of hydrogen-bond acceptors (Lipinski definition) is 3. The topological polar surface area (TPSA) is 53.6 Å². The zero-order valence-electron chi connectivity index (χ0n) is 9.46. The first kappa shape index (κ1) is 10.0. The molecule has 1 heterocycles. The molecule has 15 heavy (non-hydrogen) atoms. The summed E-state index contributed by atoms with van der Waals surface area (Å²) < 4.78 is 1.76. The number of aromatic nitrogens is 2. The molecule has 0 aromatic carbocycles. The van der Waals surface area contributed by atoms with Crippen molar-refractivity contribution in [3.05, 3.63) is 11.3 Å². The first-order chi connectivity index (χ1) is 7.06. The first-order valence-corrected chi connectivity index (χ1v) is 5.28. The quantitative estimate of drug-likeness (QED) is 0.801. The fourth-order valence-electron chi connectivity index (χ4n) is 2.05. The maximum absolute atomic E-state index is 9.06. The summed E-state index contributed by atoms with van der Waals surface area (Å²) in [4.78, 5) is 0. The van der Waals surface area contributed by atoms with E-state index in [1.165, 1.54) is 19.3 Å². The van der Waals surface area contributed by atoms with Crippen LogP contribution in [0.5, 0.6) is 0 Å². The van der Waals surface area contributed by atoms with E-state index in [2.05, 4.69) is 23.4 Å². The Morgan fingerprint density at radius 1 is 1.53 bits per heavy atom. The average Bonchev–Trinajstić information content (AvgIpc) is 2.39. The number of anilines is 1. The van der Waals surface area contributed by atoms with Crippen LogP contribution in [-0.2, 0) is 7.05 Å². The highest BCUT2D eigenvalue weighted by atomic mass is 15.3. The minimum absolute atomic E-state index is 0.159. The molecule has 0 amide bonds. The van der Waals surface area contributed by atoms with Gasteiger partial charge in [-0.3, -0.25) is 4.68 Å². The van der Waals surface area contributed by atoms with Gasteiger partial charge < -0.3 is 5.32 Å². The van der Waals surface area contributed by atoms with Gasteiger partial charge in [0.1, 0.15) is 17.5 Å². The molecular formula is C11H16N4. The van der Waals surface area contributed by atoms with E-state index >= 15 is 0 Å². The van der Waals surface area contributed by atoms with E-state index in [9.17, 15) is 0 Å². The molecule has 0 atom stereocenters. The number of nitrogens with zero attached hydrogens (tertiary/aromatic N) is 3. The van der Waals surface area contributed by atoms with Crippen LogP contribution < -0.4 is 5.32 Å². The standard InChI is InChI=1S/C11H16N4/c1-8-9(7-12)10(15(3)14-8)13-11(2)5-4-6-11/h13H,4-6H2,1-3H3. The maximum Gasteiger partial charge on any atom is 0.142 e. The van der Waals surface area contributed by atoms with Crippen molar-refractivity contribution in [3.63, 3.8) is 0 Å². The third kappa shape index (κ3) is 1.58. The van der Waals surface area contributed by atoms with Crippen LogP contribution in [-0.4, -0.2) is 15.3 Å². The Labute approximate surface area is 89.9 Å². The van der Waals surface area contributed by atoms with Crippen molar-refractivity contribution in [2.45, 2.75) is 38.6 Å². The van der Waals surface area contributed by atoms with Crippen LogP contribution in [0, 0.1) is 18.3 Å². The van der Waals surface area contributed by atoms with Gasteiger partial charge in [0.05, 0.1) is 5.69 Å². The van der Waals surface area contributed by atoms with Gasteiger partial charge in [-0.25, -0.2) is 0 Å². The summed E-state index contributed by atoms with van der Waals surface area (Å²) in [5.41, 5.74) is 1.63. The molecule has 0 aliphatic heterocycles. The summed E-state index contributed by atoms with van der Waals surface area (Å²) in [5, 5.41) is 16.8. The number of rotatable bonds is 2. The van der Waals surface area contributed by atoms with Crippen LogP contribution in [0.15, 0.2) is 0 Å². The molecule has 1 fully saturated rings. The second-order valence-electron chi connectivity index (χ2n) is 4.58. The SMILES string of the molecule is Cc1nn(C)c(NC2(C)CCC2)c1C#N. The summed E-state index contributed by atoms with van der Waals surface area (Å²) in [6, 6.07) is 2.21. The molecule has 80 valence electrons. The predicted molar refractivity (Wildman–Crippen MR) is 58.5 cm³/mol. The smallest absolute Gasteiger partial charge is 0.142 e. The number of hydrogen-bond donors (Lipinski definition) is 1. The molecule has 1 saturated carbocycles. The van der Waals surface area contributed by atoms with Gasteiger partial charge in [-0.05, 0) is 33.1 Å². The monoisotopic (exact) mass is 204 g/mol. The van der Waals surface area contributed by atoms with Crippen molar-refractivity contribution in [1.29, 1.82) is 5.26 Å². The largest absolute Gasteiger partial charge is 0.364 e. The highest BCUT2D eigenvalue weighted by molar-refractivity contribution is 5.56. The van der Waals surface area contributed by atoms with E-state index in [1.807, 2.05) is 14.0 Å². The Morgan fingerprint density at radius 2 is 2.20 bits per heavy atom. The molecular weight excluding hydrogens is 188 g/mol. The van der Waals surface area contributed by atoms with Crippen LogP contribution in [0.25, 0.3) is 0 Å². The van der Waals surface area contributed by atoms with E-state index in [0.717, 1.165) is 11.5 Å². The molecule has 0 saturated heterocycles. The van der Waals surface area contributed by atoms with E-state index in [-0.39, 0.29) is 5.54 Å². The van der Waals surface area contributed by atoms with Crippen LogP contribution in [0.1, 0.15) is 37.4 Å². The normalized spacial score (nSPS) is 18.0. The van der Waals surface area contributed by atoms with Gasteiger partial charge >= 0.3 is 0 Å². The van der Waals surface area contributed by atoms with Gasteiger partial charge in [0.2, 0.25) is 0 Å². The van der Waals surface area contributed by atoms with Crippen molar-refractivity contribution in [2.75, 3.05) is 5.32 Å². The zero-order chi connectivity index (χ0) is 11.1. The average molecular weight is 204 g/mol. The van der Waals surface area contributed by atoms with E-state index in [0.29, 0.717) is 5.56 Å². The second kappa shape index (κ2) is 3.27. The third-order valence-corrected chi connectivity index (χ3v) is 3.21. The molecule has 2 rings (SSSR count). The fourth-order valence-corrected chi connectivity index (χ4v) is 2.05. The molecule has 0 spiro atoms. The Kier molecular flexibility index (Phi) is 2.18. The predicted octanol–water partition coefficient (Wildman–Crippen LogP) is 1.95. The summed E-state index contributed by atoms with van der Waals surface area (Å²) in [6.07, 6.45) is 3.60. The van der Waals surface area contributed by atoms with E-state index in [4.69, 9.17) is 5.26 Å². The lowest BCUT2D eigenvalue weighted by Gasteiger charge is -2.39. The van der Waals surface area contributed by atoms with Gasteiger partial charge in [0, 0.05) is 12.6 Å². The summed E-state index contributed by atoms with van der Waals surface area (Å²) in [6.45, 7) is 4.06. The van der Waals surface area contributed by atoms with Crippen molar-refractivity contribution >= 4 is 5.82 Å². The van der Waals surface area contributed by atoms with E-state index < -0.39 is 0 Å². The first-order valence-electron chi connectivity index (χ1n) is 5.28. The van der Waals surface area contributed by atoms with Gasteiger partial charge in [-0.2, -0.15) is 10.4 Å². The van der Waals surface area contributed by atoms with Crippen molar-refractivity contribution in [1.82, 2.24) is 9.78 Å². The lowest BCUT2D eigenvalue weighted by molar-refractivity contribution is 0.304. The molecule has 1 aromatic rings. The zero-order valence-corrected chi connectivity index (χ0v) is 9.46. The molecule has 4 nitrogen and oxygen atoms in total. The Morgan fingerprint density at radius 3 is 2.67 bits per heavy atom. The molecule has 0 radical (unpaired) electrons. The third-order valence-electron chi connectivity index (χ3n) is 3.21. The van der Waals surface area contributed by atoms with Gasteiger partial charge in [-0.15, -0.1) is 0 Å². The highest BCUT2D eigenvalue weighted by Gasteiger charge is 2.33. The molecule has 1 aliphatic carbocycles. The molecule has 4 heteroatoms. The highest BCUT2D eigenvalue weighted by Crippen LogP contribution is 2.35. The Bertz CT molecular complexity index is 421. The van der Waals surface area contributed by atoms with Crippen LogP contribution in [0.2, 0.25) is 0 Å². The fraction of sp³-hybridized carbons (Fsp3) is 0.636. The van der Waals surface area contributed by atoms with Crippen molar-refractivity contribution in [2.24, 2.45) is 7.05 Å². The van der Waals surface area contributed by atoms with Crippen LogP contribution >= 0.6 is 0 Å². The maximum atomic E-state index is 9.06. The lowest BCUT2D eigenvalue weighted by atomic mass is 9.78. The summed E-state index contributed by atoms with van der Waals surface area (Å²) in [5.74, 6) is 0.859. The summed E-state index contributed by atoms with van der Waals surface area (Å²) >= 11 is 0.